The highest BCUT2D eigenvalue weighted by Crippen LogP contribution is 2.15. The van der Waals surface area contributed by atoms with E-state index in [0.29, 0.717) is 5.82 Å². The highest BCUT2D eigenvalue weighted by atomic mass is 79.9. The number of nitrogens with zero attached hydrogens (tertiary/aromatic N) is 2. The lowest BCUT2D eigenvalue weighted by Crippen LogP contribution is -2.36. The van der Waals surface area contributed by atoms with Gasteiger partial charge in [0.25, 0.3) is 0 Å². The number of nitrogens with two attached hydrogens (primary N) is 1. The molecule has 1 fully saturated rings. The molecule has 94 valence electrons. The van der Waals surface area contributed by atoms with Crippen LogP contribution in [0.25, 0.3) is 0 Å². The Kier molecular flexibility index (Phi) is 4.76. The molecule has 1 aliphatic heterocycles. The van der Waals surface area contributed by atoms with Crippen molar-refractivity contribution < 1.29 is 4.74 Å². The van der Waals surface area contributed by atoms with E-state index < -0.39 is 0 Å². The van der Waals surface area contributed by atoms with E-state index >= 15 is 0 Å². The van der Waals surface area contributed by atoms with Gasteiger partial charge in [0.15, 0.2) is 0 Å². The summed E-state index contributed by atoms with van der Waals surface area (Å²) in [5.41, 5.74) is 7.01. The molecular weight excluding hydrogens is 282 g/mol. The molecule has 0 atom stereocenters. The maximum Gasteiger partial charge on any atom is 0.127 e. The van der Waals surface area contributed by atoms with Crippen molar-refractivity contribution in [3.8, 4) is 0 Å². The molecule has 17 heavy (non-hydrogen) atoms. The normalized spacial score (nSPS) is 17.2. The molecule has 0 radical (unpaired) electrons. The minimum Gasteiger partial charge on any atom is -0.383 e. The molecule has 2 rings (SSSR count). The van der Waals surface area contributed by atoms with Crippen molar-refractivity contribution in [1.82, 2.24) is 9.88 Å². The summed E-state index contributed by atoms with van der Waals surface area (Å²) in [4.78, 5) is 6.64. The average Bonchev–Trinajstić information content (AvgIpc) is 2.33. The smallest absolute Gasteiger partial charge is 0.127 e. The first-order valence-corrected chi connectivity index (χ1v) is 6.76. The fourth-order valence-electron chi connectivity index (χ4n) is 2.01. The molecule has 0 amide bonds. The number of hydrogen-bond acceptors (Lipinski definition) is 4. The van der Waals surface area contributed by atoms with Crippen molar-refractivity contribution in [2.24, 2.45) is 0 Å². The van der Waals surface area contributed by atoms with Crippen LogP contribution in [0.15, 0.2) is 16.7 Å². The Morgan fingerprint density at radius 2 is 2.12 bits per heavy atom. The number of ether oxygens (including phenoxy) is 1. The van der Waals surface area contributed by atoms with Gasteiger partial charge >= 0.3 is 0 Å². The first kappa shape index (κ1) is 12.8. The number of aromatic nitrogens is 1. The van der Waals surface area contributed by atoms with Crippen molar-refractivity contribution in [3.05, 3.63) is 22.3 Å². The first-order valence-electron chi connectivity index (χ1n) is 5.97. The van der Waals surface area contributed by atoms with Crippen LogP contribution in [0.1, 0.15) is 12.0 Å². The van der Waals surface area contributed by atoms with E-state index in [9.17, 15) is 0 Å². The standard InChI is InChI=1S/C12H18BrN3O/c13-11-4-3-10(12(14)15-11)2-1-5-16-6-8-17-9-7-16/h3-4H,1-2,5-9H2,(H2,14,15). The topological polar surface area (TPSA) is 51.4 Å². The van der Waals surface area contributed by atoms with Crippen LogP contribution >= 0.6 is 15.9 Å². The van der Waals surface area contributed by atoms with Gasteiger partial charge in [0.05, 0.1) is 13.2 Å². The molecule has 0 spiro atoms. The lowest BCUT2D eigenvalue weighted by Gasteiger charge is -2.26. The van der Waals surface area contributed by atoms with Gasteiger partial charge in [-0.05, 0) is 46.9 Å². The predicted octanol–water partition coefficient (Wildman–Crippen LogP) is 1.69. The van der Waals surface area contributed by atoms with Gasteiger partial charge < -0.3 is 10.5 Å². The Morgan fingerprint density at radius 1 is 1.35 bits per heavy atom. The molecule has 1 aliphatic rings. The molecule has 5 heteroatoms. The summed E-state index contributed by atoms with van der Waals surface area (Å²) in [7, 11) is 0. The van der Waals surface area contributed by atoms with Crippen molar-refractivity contribution in [2.45, 2.75) is 12.8 Å². The van der Waals surface area contributed by atoms with Crippen LogP contribution in [0.4, 0.5) is 5.82 Å². The highest BCUT2D eigenvalue weighted by Gasteiger charge is 2.10. The van der Waals surface area contributed by atoms with Gasteiger partial charge in [-0.3, -0.25) is 4.90 Å². The largest absolute Gasteiger partial charge is 0.383 e. The van der Waals surface area contributed by atoms with Gasteiger partial charge in [-0.1, -0.05) is 6.07 Å². The lowest BCUT2D eigenvalue weighted by molar-refractivity contribution is 0.0375. The summed E-state index contributed by atoms with van der Waals surface area (Å²) in [6.45, 7) is 4.94. The summed E-state index contributed by atoms with van der Waals surface area (Å²) < 4.78 is 6.12. The second-order valence-electron chi connectivity index (χ2n) is 4.24. The van der Waals surface area contributed by atoms with Crippen LogP contribution in [0.3, 0.4) is 0 Å². The molecule has 1 saturated heterocycles. The number of rotatable bonds is 4. The average molecular weight is 300 g/mol. The van der Waals surface area contributed by atoms with E-state index in [1.54, 1.807) is 0 Å². The van der Waals surface area contributed by atoms with Gasteiger partial charge in [0, 0.05) is 13.1 Å². The van der Waals surface area contributed by atoms with E-state index in [4.69, 9.17) is 10.5 Å². The second kappa shape index (κ2) is 6.33. The van der Waals surface area contributed by atoms with Crippen molar-refractivity contribution >= 4 is 21.7 Å². The molecule has 0 aromatic carbocycles. The maximum absolute atomic E-state index is 5.87. The molecule has 0 saturated carbocycles. The third-order valence-electron chi connectivity index (χ3n) is 3.00. The zero-order valence-corrected chi connectivity index (χ0v) is 11.4. The molecule has 1 aromatic rings. The zero-order chi connectivity index (χ0) is 12.1. The zero-order valence-electron chi connectivity index (χ0n) is 9.86. The number of morpholine rings is 1. The summed E-state index contributed by atoms with van der Waals surface area (Å²) in [6.07, 6.45) is 2.11. The molecule has 1 aromatic heterocycles. The van der Waals surface area contributed by atoms with Gasteiger partial charge in [-0.15, -0.1) is 0 Å². The minimum atomic E-state index is 0.640. The quantitative estimate of drug-likeness (QED) is 0.860. The molecule has 2 N–H and O–H groups in total. The SMILES string of the molecule is Nc1nc(Br)ccc1CCCN1CCOCC1. The highest BCUT2D eigenvalue weighted by molar-refractivity contribution is 9.10. The van der Waals surface area contributed by atoms with Crippen LogP contribution < -0.4 is 5.73 Å². The number of anilines is 1. The summed E-state index contributed by atoms with van der Waals surface area (Å²) >= 11 is 3.31. The molecule has 4 nitrogen and oxygen atoms in total. The lowest BCUT2D eigenvalue weighted by atomic mass is 10.1. The van der Waals surface area contributed by atoms with Crippen molar-refractivity contribution in [1.29, 1.82) is 0 Å². The third kappa shape index (κ3) is 3.94. The fraction of sp³-hybridized carbons (Fsp3) is 0.583. The van der Waals surface area contributed by atoms with E-state index in [-0.39, 0.29) is 0 Å². The van der Waals surface area contributed by atoms with Crippen LogP contribution in [0.5, 0.6) is 0 Å². The van der Waals surface area contributed by atoms with Gasteiger partial charge in [0.2, 0.25) is 0 Å². The van der Waals surface area contributed by atoms with Crippen molar-refractivity contribution in [3.63, 3.8) is 0 Å². The summed E-state index contributed by atoms with van der Waals surface area (Å²) in [6, 6.07) is 3.99. The van der Waals surface area contributed by atoms with Gasteiger partial charge in [-0.2, -0.15) is 0 Å². The number of aryl methyl sites for hydroxylation is 1. The van der Waals surface area contributed by atoms with Crippen molar-refractivity contribution in [2.75, 3.05) is 38.6 Å². The number of pyridine rings is 1. The third-order valence-corrected chi connectivity index (χ3v) is 3.44. The Bertz CT molecular complexity index is 367. The Morgan fingerprint density at radius 3 is 2.82 bits per heavy atom. The fourth-order valence-corrected chi connectivity index (χ4v) is 2.33. The minimum absolute atomic E-state index is 0.640. The van der Waals surface area contributed by atoms with Crippen LogP contribution in [-0.2, 0) is 11.2 Å². The summed E-state index contributed by atoms with van der Waals surface area (Å²) in [5, 5.41) is 0. The maximum atomic E-state index is 5.87. The van der Waals surface area contributed by atoms with Crippen LogP contribution in [0, 0.1) is 0 Å². The molecular formula is C12H18BrN3O. The van der Waals surface area contributed by atoms with Gasteiger partial charge in [0.1, 0.15) is 10.4 Å². The Hall–Kier alpha value is -0.650. The molecule has 2 heterocycles. The monoisotopic (exact) mass is 299 g/mol. The van der Waals surface area contributed by atoms with E-state index in [1.165, 1.54) is 0 Å². The van der Waals surface area contributed by atoms with E-state index in [2.05, 4.69) is 25.8 Å². The van der Waals surface area contributed by atoms with Crippen LogP contribution in [-0.4, -0.2) is 42.7 Å². The summed E-state index contributed by atoms with van der Waals surface area (Å²) in [5.74, 6) is 0.640. The number of hydrogen-bond donors (Lipinski definition) is 1. The van der Waals surface area contributed by atoms with Crippen LogP contribution in [0.2, 0.25) is 0 Å². The van der Waals surface area contributed by atoms with E-state index in [1.807, 2.05) is 12.1 Å². The second-order valence-corrected chi connectivity index (χ2v) is 5.05. The first-order chi connectivity index (χ1) is 8.25. The number of nitrogen functional groups attached to an aromatic ring is 1. The van der Waals surface area contributed by atoms with Gasteiger partial charge in [-0.25, -0.2) is 4.98 Å². The molecule has 0 unspecified atom stereocenters. The molecule has 0 aliphatic carbocycles. The Labute approximate surface area is 110 Å². The predicted molar refractivity (Wildman–Crippen MR) is 71.9 cm³/mol. The molecule has 0 bridgehead atoms. The number of halogens is 1. The Balaban J connectivity index is 1.77. The van der Waals surface area contributed by atoms with E-state index in [0.717, 1.165) is 55.9 Å².